The summed E-state index contributed by atoms with van der Waals surface area (Å²) in [6.45, 7) is 5.16. The molecule has 1 aliphatic rings. The molecular weight excluding hydrogens is 262 g/mol. The van der Waals surface area contributed by atoms with Gasteiger partial charge in [0.15, 0.2) is 0 Å². The topological polar surface area (TPSA) is 59.2 Å². The van der Waals surface area contributed by atoms with Crippen LogP contribution in [-0.2, 0) is 6.42 Å². The Bertz CT molecular complexity index is 485. The van der Waals surface area contributed by atoms with E-state index in [2.05, 4.69) is 23.7 Å². The Morgan fingerprint density at radius 1 is 1.33 bits per heavy atom. The number of nitrogens with zero attached hydrogens (tertiary/aromatic N) is 2. The number of rotatable bonds is 5. The maximum atomic E-state index is 12.8. The van der Waals surface area contributed by atoms with Gasteiger partial charge in [-0.1, -0.05) is 26.7 Å². The molecule has 21 heavy (non-hydrogen) atoms. The average molecular weight is 289 g/mol. The molecule has 2 rings (SSSR count). The van der Waals surface area contributed by atoms with Gasteiger partial charge in [0.25, 0.3) is 5.91 Å². The summed E-state index contributed by atoms with van der Waals surface area (Å²) in [5.41, 5.74) is 7.49. The van der Waals surface area contributed by atoms with Gasteiger partial charge >= 0.3 is 0 Å². The summed E-state index contributed by atoms with van der Waals surface area (Å²) in [5.74, 6) is 0.577. The molecule has 4 nitrogen and oxygen atoms in total. The molecule has 0 aromatic carbocycles. The summed E-state index contributed by atoms with van der Waals surface area (Å²) in [6.07, 6.45) is 7.54. The predicted molar refractivity (Wildman–Crippen MR) is 86.2 cm³/mol. The first-order valence-corrected chi connectivity index (χ1v) is 8.23. The van der Waals surface area contributed by atoms with Gasteiger partial charge in [-0.25, -0.2) is 4.98 Å². The SMILES string of the molecule is CCCc1cc(C(=O)N2CCCCC2CCC)cc(N)n1. The predicted octanol–water partition coefficient (Wildman–Crippen LogP) is 3.41. The Kier molecular flexibility index (Phi) is 5.59. The van der Waals surface area contributed by atoms with Crippen LogP contribution in [0.3, 0.4) is 0 Å². The quantitative estimate of drug-likeness (QED) is 0.903. The zero-order valence-corrected chi connectivity index (χ0v) is 13.3. The van der Waals surface area contributed by atoms with Crippen molar-refractivity contribution in [3.63, 3.8) is 0 Å². The van der Waals surface area contributed by atoms with Crippen molar-refractivity contribution in [2.24, 2.45) is 0 Å². The third kappa shape index (κ3) is 3.96. The molecule has 1 unspecified atom stereocenters. The van der Waals surface area contributed by atoms with Crippen molar-refractivity contribution < 1.29 is 4.79 Å². The minimum absolute atomic E-state index is 0.125. The van der Waals surface area contributed by atoms with Crippen LogP contribution in [0.4, 0.5) is 5.82 Å². The molecule has 116 valence electrons. The fourth-order valence-corrected chi connectivity index (χ4v) is 3.19. The fourth-order valence-electron chi connectivity index (χ4n) is 3.19. The van der Waals surface area contributed by atoms with E-state index in [0.29, 0.717) is 17.4 Å². The third-order valence-corrected chi connectivity index (χ3v) is 4.16. The van der Waals surface area contributed by atoms with Gasteiger partial charge in [0.1, 0.15) is 5.82 Å². The number of nitrogens with two attached hydrogens (primary N) is 1. The molecular formula is C17H27N3O. The van der Waals surface area contributed by atoms with Crippen LogP contribution in [0, 0.1) is 0 Å². The molecule has 2 N–H and O–H groups in total. The van der Waals surface area contributed by atoms with Crippen LogP contribution in [0.2, 0.25) is 0 Å². The fraction of sp³-hybridized carbons (Fsp3) is 0.647. The Balaban J connectivity index is 2.21. The molecule has 1 fully saturated rings. The van der Waals surface area contributed by atoms with Gasteiger partial charge in [-0.05, 0) is 44.2 Å². The van der Waals surface area contributed by atoms with Gasteiger partial charge in [0, 0.05) is 23.8 Å². The molecule has 1 amide bonds. The van der Waals surface area contributed by atoms with Crippen LogP contribution in [0.5, 0.6) is 0 Å². The van der Waals surface area contributed by atoms with Crippen LogP contribution in [0.15, 0.2) is 12.1 Å². The summed E-state index contributed by atoms with van der Waals surface area (Å²) in [6, 6.07) is 4.03. The van der Waals surface area contributed by atoms with Gasteiger partial charge < -0.3 is 10.6 Å². The maximum absolute atomic E-state index is 12.8. The smallest absolute Gasteiger partial charge is 0.254 e. The van der Waals surface area contributed by atoms with Crippen molar-refractivity contribution in [1.82, 2.24) is 9.88 Å². The van der Waals surface area contributed by atoms with E-state index in [0.717, 1.165) is 50.8 Å². The van der Waals surface area contributed by atoms with E-state index in [1.54, 1.807) is 6.07 Å². The second-order valence-electron chi connectivity index (χ2n) is 5.96. The summed E-state index contributed by atoms with van der Waals surface area (Å²) in [7, 11) is 0. The standard InChI is InChI=1S/C17H27N3O/c1-3-7-14-11-13(12-16(18)19-14)17(21)20-10-6-5-9-15(20)8-4-2/h11-12,15H,3-10H2,1-2H3,(H2,18,19). The Labute approximate surface area is 127 Å². The van der Waals surface area contributed by atoms with Crippen molar-refractivity contribution in [3.8, 4) is 0 Å². The van der Waals surface area contributed by atoms with Crippen LogP contribution in [0.1, 0.15) is 68.4 Å². The normalized spacial score (nSPS) is 18.8. The molecule has 0 saturated carbocycles. The lowest BCUT2D eigenvalue weighted by Crippen LogP contribution is -2.43. The highest BCUT2D eigenvalue weighted by molar-refractivity contribution is 5.95. The van der Waals surface area contributed by atoms with Crippen molar-refractivity contribution in [1.29, 1.82) is 0 Å². The van der Waals surface area contributed by atoms with E-state index in [9.17, 15) is 4.79 Å². The molecule has 1 aliphatic heterocycles. The molecule has 0 spiro atoms. The van der Waals surface area contributed by atoms with Crippen LogP contribution in [0.25, 0.3) is 0 Å². The highest BCUT2D eigenvalue weighted by atomic mass is 16.2. The number of carbonyl (C=O) groups excluding carboxylic acids is 1. The van der Waals surface area contributed by atoms with Crippen LogP contribution < -0.4 is 5.73 Å². The summed E-state index contributed by atoms with van der Waals surface area (Å²) >= 11 is 0. The monoisotopic (exact) mass is 289 g/mol. The number of hydrogen-bond donors (Lipinski definition) is 1. The minimum atomic E-state index is 0.125. The number of piperidine rings is 1. The van der Waals surface area contributed by atoms with Gasteiger partial charge in [-0.3, -0.25) is 4.79 Å². The van der Waals surface area contributed by atoms with E-state index in [1.807, 2.05) is 6.07 Å². The first-order valence-electron chi connectivity index (χ1n) is 8.23. The molecule has 1 aromatic rings. The number of anilines is 1. The Morgan fingerprint density at radius 2 is 2.14 bits per heavy atom. The van der Waals surface area contributed by atoms with Gasteiger partial charge in [-0.15, -0.1) is 0 Å². The molecule has 1 atom stereocenters. The molecule has 4 heteroatoms. The highest BCUT2D eigenvalue weighted by Crippen LogP contribution is 2.23. The summed E-state index contributed by atoms with van der Waals surface area (Å²) in [4.78, 5) is 19.2. The van der Waals surface area contributed by atoms with Gasteiger partial charge in [-0.2, -0.15) is 0 Å². The number of hydrogen-bond acceptors (Lipinski definition) is 3. The zero-order chi connectivity index (χ0) is 15.2. The maximum Gasteiger partial charge on any atom is 0.254 e. The van der Waals surface area contributed by atoms with E-state index < -0.39 is 0 Å². The lowest BCUT2D eigenvalue weighted by molar-refractivity contribution is 0.0600. The second kappa shape index (κ2) is 7.43. The molecule has 1 saturated heterocycles. The lowest BCUT2D eigenvalue weighted by atomic mass is 9.97. The largest absolute Gasteiger partial charge is 0.384 e. The van der Waals surface area contributed by atoms with E-state index in [1.165, 1.54) is 6.42 Å². The second-order valence-corrected chi connectivity index (χ2v) is 5.96. The first-order chi connectivity index (χ1) is 10.2. The third-order valence-electron chi connectivity index (χ3n) is 4.16. The van der Waals surface area contributed by atoms with Crippen molar-refractivity contribution >= 4 is 11.7 Å². The van der Waals surface area contributed by atoms with E-state index in [-0.39, 0.29) is 5.91 Å². The first kappa shape index (κ1) is 15.8. The number of amides is 1. The summed E-state index contributed by atoms with van der Waals surface area (Å²) in [5, 5.41) is 0. The number of aromatic nitrogens is 1. The minimum Gasteiger partial charge on any atom is -0.384 e. The summed E-state index contributed by atoms with van der Waals surface area (Å²) < 4.78 is 0. The van der Waals surface area contributed by atoms with Gasteiger partial charge in [0.05, 0.1) is 0 Å². The lowest BCUT2D eigenvalue weighted by Gasteiger charge is -2.36. The molecule has 1 aromatic heterocycles. The molecule has 0 aliphatic carbocycles. The van der Waals surface area contributed by atoms with Gasteiger partial charge in [0.2, 0.25) is 0 Å². The van der Waals surface area contributed by atoms with E-state index >= 15 is 0 Å². The molecule has 0 radical (unpaired) electrons. The zero-order valence-electron chi connectivity index (χ0n) is 13.3. The number of carbonyl (C=O) groups is 1. The van der Waals surface area contributed by atoms with Crippen LogP contribution >= 0.6 is 0 Å². The number of pyridine rings is 1. The van der Waals surface area contributed by atoms with Crippen molar-refractivity contribution in [2.45, 2.75) is 64.8 Å². The van der Waals surface area contributed by atoms with Crippen LogP contribution in [-0.4, -0.2) is 28.4 Å². The van der Waals surface area contributed by atoms with Crippen molar-refractivity contribution in [2.75, 3.05) is 12.3 Å². The van der Waals surface area contributed by atoms with Crippen molar-refractivity contribution in [3.05, 3.63) is 23.4 Å². The number of nitrogen functional groups attached to an aromatic ring is 1. The van der Waals surface area contributed by atoms with E-state index in [4.69, 9.17) is 5.73 Å². The Morgan fingerprint density at radius 3 is 2.86 bits per heavy atom. The molecule has 2 heterocycles. The number of aryl methyl sites for hydroxylation is 1. The highest BCUT2D eigenvalue weighted by Gasteiger charge is 2.27. The number of likely N-dealkylation sites (tertiary alicyclic amines) is 1. The Hall–Kier alpha value is -1.58. The molecule has 0 bridgehead atoms. The average Bonchev–Trinajstić information content (AvgIpc) is 2.47.